The minimum atomic E-state index is 0.657. The van der Waals surface area contributed by atoms with E-state index in [0.717, 1.165) is 21.2 Å². The van der Waals surface area contributed by atoms with E-state index in [1.165, 1.54) is 18.4 Å². The first-order chi connectivity index (χ1) is 8.74. The van der Waals surface area contributed by atoms with Gasteiger partial charge < -0.3 is 4.57 Å². The Balaban J connectivity index is 1.67. The molecule has 5 heteroatoms. The van der Waals surface area contributed by atoms with Crippen LogP contribution in [0, 0.1) is 0 Å². The molecule has 1 aliphatic carbocycles. The summed E-state index contributed by atoms with van der Waals surface area (Å²) in [5, 5.41) is 9.58. The van der Waals surface area contributed by atoms with Gasteiger partial charge in [0.2, 0.25) is 0 Å². The van der Waals surface area contributed by atoms with Crippen LogP contribution in [0.1, 0.15) is 30.1 Å². The topological polar surface area (TPSA) is 30.7 Å². The van der Waals surface area contributed by atoms with Crippen LogP contribution in [0.2, 0.25) is 0 Å². The zero-order valence-electron chi connectivity index (χ0n) is 10.1. The van der Waals surface area contributed by atoms with E-state index < -0.39 is 0 Å². The maximum atomic E-state index is 4.29. The van der Waals surface area contributed by atoms with Gasteiger partial charge >= 0.3 is 0 Å². The second kappa shape index (κ2) is 5.05. The van der Waals surface area contributed by atoms with Crippen LogP contribution in [-0.4, -0.2) is 14.8 Å². The van der Waals surface area contributed by atoms with Crippen molar-refractivity contribution < 1.29 is 0 Å². The summed E-state index contributed by atoms with van der Waals surface area (Å²) in [5.74, 6) is 2.74. The first-order valence-electron chi connectivity index (χ1n) is 6.00. The van der Waals surface area contributed by atoms with Crippen molar-refractivity contribution in [1.82, 2.24) is 14.8 Å². The molecule has 0 aliphatic heterocycles. The normalized spacial score (nSPS) is 15.0. The number of nitrogens with zero attached hydrogens (tertiary/aromatic N) is 3. The molecule has 3 rings (SSSR count). The Hall–Kier alpha value is -0.810. The van der Waals surface area contributed by atoms with E-state index in [1.54, 1.807) is 11.8 Å². The highest BCUT2D eigenvalue weighted by Gasteiger charge is 2.29. The van der Waals surface area contributed by atoms with Gasteiger partial charge in [-0.05, 0) is 30.5 Å². The number of benzene rings is 1. The molecule has 94 valence electrons. The molecule has 1 fully saturated rings. The molecule has 1 aliphatic rings. The van der Waals surface area contributed by atoms with Gasteiger partial charge in [0.1, 0.15) is 5.82 Å². The Morgan fingerprint density at radius 2 is 2.00 bits per heavy atom. The molecule has 1 saturated carbocycles. The van der Waals surface area contributed by atoms with Crippen molar-refractivity contribution in [1.29, 1.82) is 0 Å². The lowest BCUT2D eigenvalue weighted by molar-refractivity contribution is 0.736. The molecule has 1 aromatic carbocycles. The molecule has 0 spiro atoms. The van der Waals surface area contributed by atoms with Gasteiger partial charge in [-0.3, -0.25) is 0 Å². The zero-order valence-corrected chi connectivity index (χ0v) is 12.5. The highest BCUT2D eigenvalue weighted by molar-refractivity contribution is 9.10. The van der Waals surface area contributed by atoms with Crippen molar-refractivity contribution in [2.45, 2.75) is 29.7 Å². The third-order valence-electron chi connectivity index (χ3n) is 3.09. The minimum absolute atomic E-state index is 0.657. The zero-order chi connectivity index (χ0) is 12.5. The summed E-state index contributed by atoms with van der Waals surface area (Å²) in [6.07, 6.45) is 2.53. The number of halogens is 1. The number of rotatable bonds is 4. The molecular formula is C13H14BrN3S. The molecular weight excluding hydrogens is 310 g/mol. The first kappa shape index (κ1) is 12.2. The van der Waals surface area contributed by atoms with E-state index in [2.05, 4.69) is 62.0 Å². The van der Waals surface area contributed by atoms with Gasteiger partial charge in [0, 0.05) is 23.2 Å². The number of thioether (sulfide) groups is 1. The summed E-state index contributed by atoms with van der Waals surface area (Å²) in [6, 6.07) is 8.41. The maximum absolute atomic E-state index is 4.29. The summed E-state index contributed by atoms with van der Waals surface area (Å²) in [7, 11) is 2.07. The average molecular weight is 324 g/mol. The second-order valence-corrected chi connectivity index (χ2v) is 6.45. The van der Waals surface area contributed by atoms with Gasteiger partial charge in [-0.1, -0.05) is 39.8 Å². The third kappa shape index (κ3) is 2.62. The lowest BCUT2D eigenvalue weighted by Crippen LogP contribution is -1.97. The molecule has 0 N–H and O–H groups in total. The first-order valence-corrected chi connectivity index (χ1v) is 7.78. The molecule has 1 heterocycles. The second-order valence-electron chi connectivity index (χ2n) is 4.59. The van der Waals surface area contributed by atoms with Crippen molar-refractivity contribution in [2.75, 3.05) is 0 Å². The van der Waals surface area contributed by atoms with E-state index in [0.29, 0.717) is 5.92 Å². The Labute approximate surface area is 119 Å². The fraction of sp³-hybridized carbons (Fsp3) is 0.385. The van der Waals surface area contributed by atoms with Crippen molar-refractivity contribution in [3.8, 4) is 0 Å². The van der Waals surface area contributed by atoms with Crippen LogP contribution in [0.15, 0.2) is 33.9 Å². The molecule has 0 unspecified atom stereocenters. The van der Waals surface area contributed by atoms with E-state index >= 15 is 0 Å². The maximum Gasteiger partial charge on any atom is 0.191 e. The van der Waals surface area contributed by atoms with Gasteiger partial charge in [-0.15, -0.1) is 10.2 Å². The van der Waals surface area contributed by atoms with E-state index in [1.807, 2.05) is 0 Å². The largest absolute Gasteiger partial charge is 0.309 e. The number of aromatic nitrogens is 3. The van der Waals surface area contributed by atoms with E-state index in [9.17, 15) is 0 Å². The quantitative estimate of drug-likeness (QED) is 0.803. The van der Waals surface area contributed by atoms with Crippen molar-refractivity contribution in [2.24, 2.45) is 7.05 Å². The van der Waals surface area contributed by atoms with Crippen LogP contribution in [0.3, 0.4) is 0 Å². The van der Waals surface area contributed by atoms with E-state index in [-0.39, 0.29) is 0 Å². The minimum Gasteiger partial charge on any atom is -0.309 e. The SMILES string of the molecule is Cn1c(SCc2ccc(Br)cc2)nnc1C1CC1. The monoisotopic (exact) mass is 323 g/mol. The van der Waals surface area contributed by atoms with Gasteiger partial charge in [-0.2, -0.15) is 0 Å². The Morgan fingerprint density at radius 3 is 2.67 bits per heavy atom. The Kier molecular flexibility index (Phi) is 3.43. The smallest absolute Gasteiger partial charge is 0.191 e. The van der Waals surface area contributed by atoms with Crippen molar-refractivity contribution >= 4 is 27.7 Å². The molecule has 1 aromatic heterocycles. The van der Waals surface area contributed by atoms with Crippen LogP contribution in [-0.2, 0) is 12.8 Å². The number of hydrogen-bond donors (Lipinski definition) is 0. The summed E-state index contributed by atoms with van der Waals surface area (Å²) >= 11 is 5.19. The predicted molar refractivity (Wildman–Crippen MR) is 76.7 cm³/mol. The van der Waals surface area contributed by atoms with Crippen LogP contribution in [0.25, 0.3) is 0 Å². The van der Waals surface area contributed by atoms with Crippen LogP contribution in [0.4, 0.5) is 0 Å². The third-order valence-corrected chi connectivity index (χ3v) is 4.71. The molecule has 0 atom stereocenters. The lowest BCUT2D eigenvalue weighted by atomic mass is 10.2. The highest BCUT2D eigenvalue weighted by atomic mass is 79.9. The van der Waals surface area contributed by atoms with Crippen LogP contribution in [0.5, 0.6) is 0 Å². The molecule has 0 saturated heterocycles. The summed E-state index contributed by atoms with van der Waals surface area (Å²) < 4.78 is 3.26. The van der Waals surface area contributed by atoms with Gasteiger partial charge in [0.15, 0.2) is 5.16 Å². The molecule has 2 aromatic rings. The predicted octanol–water partition coefficient (Wildman–Crippen LogP) is 3.75. The van der Waals surface area contributed by atoms with Gasteiger partial charge in [0.25, 0.3) is 0 Å². The summed E-state index contributed by atoms with van der Waals surface area (Å²) in [5.41, 5.74) is 1.30. The molecule has 18 heavy (non-hydrogen) atoms. The van der Waals surface area contributed by atoms with Crippen molar-refractivity contribution in [3.63, 3.8) is 0 Å². The molecule has 0 bridgehead atoms. The van der Waals surface area contributed by atoms with Crippen LogP contribution < -0.4 is 0 Å². The van der Waals surface area contributed by atoms with Gasteiger partial charge in [0.05, 0.1) is 0 Å². The van der Waals surface area contributed by atoms with Crippen LogP contribution >= 0.6 is 27.7 Å². The highest BCUT2D eigenvalue weighted by Crippen LogP contribution is 2.39. The van der Waals surface area contributed by atoms with E-state index in [4.69, 9.17) is 0 Å². The average Bonchev–Trinajstić information content (AvgIpc) is 3.14. The standard InChI is InChI=1S/C13H14BrN3S/c1-17-12(10-4-5-10)15-16-13(17)18-8-9-2-6-11(14)7-3-9/h2-3,6-7,10H,4-5,8H2,1H3. The summed E-state index contributed by atoms with van der Waals surface area (Å²) in [4.78, 5) is 0. The van der Waals surface area contributed by atoms with Gasteiger partial charge in [-0.25, -0.2) is 0 Å². The number of hydrogen-bond acceptors (Lipinski definition) is 3. The molecule has 0 amide bonds. The molecule has 3 nitrogen and oxygen atoms in total. The fourth-order valence-electron chi connectivity index (χ4n) is 1.88. The fourth-order valence-corrected chi connectivity index (χ4v) is 3.02. The molecule has 0 radical (unpaired) electrons. The Morgan fingerprint density at radius 1 is 1.28 bits per heavy atom. The lowest BCUT2D eigenvalue weighted by Gasteiger charge is -2.03. The summed E-state index contributed by atoms with van der Waals surface area (Å²) in [6.45, 7) is 0. The van der Waals surface area contributed by atoms with Crippen molar-refractivity contribution in [3.05, 3.63) is 40.1 Å². The Bertz CT molecular complexity index is 546.